The molecule has 4 aromatic rings. The van der Waals surface area contributed by atoms with Crippen molar-refractivity contribution in [3.8, 4) is 22.8 Å². The summed E-state index contributed by atoms with van der Waals surface area (Å²) in [4.78, 5) is 26.6. The number of hydrogen-bond acceptors (Lipinski definition) is 7. The average Bonchev–Trinajstić information content (AvgIpc) is 2.99. The number of aromatic nitrogens is 3. The van der Waals surface area contributed by atoms with Crippen LogP contribution in [0.15, 0.2) is 60.9 Å². The molecule has 244 valence electrons. The number of aryl methyl sites for hydroxylation is 2. The van der Waals surface area contributed by atoms with E-state index < -0.39 is 17.7 Å². The summed E-state index contributed by atoms with van der Waals surface area (Å²) in [6, 6.07) is 13.9. The van der Waals surface area contributed by atoms with Crippen LogP contribution in [0.4, 0.5) is 19.1 Å². The van der Waals surface area contributed by atoms with Crippen LogP contribution in [0.1, 0.15) is 73.0 Å². The number of hydrogen-bond donors (Lipinski definition) is 1. The molecule has 1 N–H and O–H groups in total. The van der Waals surface area contributed by atoms with Crippen molar-refractivity contribution in [3.05, 3.63) is 94.4 Å². The maximum atomic E-state index is 13.7. The number of benzene rings is 2. The van der Waals surface area contributed by atoms with Crippen LogP contribution < -0.4 is 14.4 Å². The molecule has 0 unspecified atom stereocenters. The molecule has 0 amide bonds. The number of halogens is 3. The highest BCUT2D eigenvalue weighted by Crippen LogP contribution is 2.35. The number of aliphatic carboxylic acids is 1. The van der Waals surface area contributed by atoms with Gasteiger partial charge < -0.3 is 19.5 Å². The number of anilines is 1. The first-order valence-electron chi connectivity index (χ1n) is 15.2. The van der Waals surface area contributed by atoms with Crippen LogP contribution in [-0.2, 0) is 24.1 Å². The van der Waals surface area contributed by atoms with Crippen molar-refractivity contribution in [1.82, 2.24) is 15.0 Å². The van der Waals surface area contributed by atoms with Gasteiger partial charge in [-0.3, -0.25) is 4.79 Å². The number of pyridine rings is 1. The Morgan fingerprint density at radius 2 is 1.70 bits per heavy atom. The second kappa shape index (κ2) is 15.1. The van der Waals surface area contributed by atoms with Gasteiger partial charge in [0.15, 0.2) is 5.75 Å². The van der Waals surface area contributed by atoms with Crippen LogP contribution >= 0.6 is 0 Å². The van der Waals surface area contributed by atoms with E-state index in [1.165, 1.54) is 12.4 Å². The molecule has 0 aliphatic rings. The molecule has 0 spiro atoms. The molecule has 4 rings (SSSR count). The molecule has 0 saturated heterocycles. The Labute approximate surface area is 267 Å². The average molecular weight is 637 g/mol. The highest BCUT2D eigenvalue weighted by Gasteiger charge is 2.31. The number of rotatable bonds is 14. The molecule has 2 heterocycles. The first kappa shape index (κ1) is 34.2. The topological polar surface area (TPSA) is 97.7 Å². The normalized spacial score (nSPS) is 11.5. The number of carboxylic acids is 1. The Morgan fingerprint density at radius 3 is 2.35 bits per heavy atom. The molecule has 8 nitrogen and oxygen atoms in total. The molecule has 0 radical (unpaired) electrons. The molecule has 2 aromatic heterocycles. The van der Waals surface area contributed by atoms with E-state index in [-0.39, 0.29) is 38.0 Å². The molecule has 0 aliphatic heterocycles. The van der Waals surface area contributed by atoms with Gasteiger partial charge in [0, 0.05) is 30.8 Å². The first-order valence-corrected chi connectivity index (χ1v) is 15.2. The van der Waals surface area contributed by atoms with Gasteiger partial charge in [-0.15, -0.1) is 0 Å². The van der Waals surface area contributed by atoms with Gasteiger partial charge in [0.05, 0.1) is 31.2 Å². The predicted molar refractivity (Wildman–Crippen MR) is 170 cm³/mol. The summed E-state index contributed by atoms with van der Waals surface area (Å²) >= 11 is 0. The molecule has 0 bridgehead atoms. The Kier molecular flexibility index (Phi) is 11.2. The maximum absolute atomic E-state index is 13.7. The molecule has 11 heteroatoms. The summed E-state index contributed by atoms with van der Waals surface area (Å²) in [5, 5.41) is 8.86. The highest BCUT2D eigenvalue weighted by molar-refractivity contribution is 5.71. The van der Waals surface area contributed by atoms with Crippen molar-refractivity contribution in [3.63, 3.8) is 0 Å². The van der Waals surface area contributed by atoms with Gasteiger partial charge in [0.1, 0.15) is 11.4 Å². The molecule has 0 saturated carbocycles. The van der Waals surface area contributed by atoms with Crippen LogP contribution in [0.3, 0.4) is 0 Å². The van der Waals surface area contributed by atoms with Crippen molar-refractivity contribution in [2.75, 3.05) is 18.1 Å². The molecule has 0 aliphatic carbocycles. The van der Waals surface area contributed by atoms with Gasteiger partial charge >= 0.3 is 12.1 Å². The van der Waals surface area contributed by atoms with Crippen LogP contribution in [0.25, 0.3) is 11.3 Å². The lowest BCUT2D eigenvalue weighted by Crippen LogP contribution is -2.25. The van der Waals surface area contributed by atoms with Crippen molar-refractivity contribution in [2.24, 2.45) is 0 Å². The Balaban J connectivity index is 1.76. The van der Waals surface area contributed by atoms with E-state index in [0.717, 1.165) is 34.5 Å². The maximum Gasteiger partial charge on any atom is 0.416 e. The zero-order valence-electron chi connectivity index (χ0n) is 26.7. The van der Waals surface area contributed by atoms with E-state index in [1.54, 1.807) is 13.0 Å². The molecular formula is C35H39F3N4O4. The number of carbonyl (C=O) groups is 1. The van der Waals surface area contributed by atoms with E-state index in [0.29, 0.717) is 41.3 Å². The largest absolute Gasteiger partial charge is 0.492 e. The predicted octanol–water partition coefficient (Wildman–Crippen LogP) is 8.15. The van der Waals surface area contributed by atoms with E-state index in [2.05, 4.69) is 23.8 Å². The lowest BCUT2D eigenvalue weighted by Gasteiger charge is -2.25. The molecular weight excluding hydrogens is 597 g/mol. The van der Waals surface area contributed by atoms with Crippen molar-refractivity contribution in [1.29, 1.82) is 0 Å². The summed E-state index contributed by atoms with van der Waals surface area (Å²) in [5.74, 6) is 0.552. The van der Waals surface area contributed by atoms with Crippen molar-refractivity contribution < 1.29 is 32.5 Å². The Bertz CT molecular complexity index is 1640. The summed E-state index contributed by atoms with van der Waals surface area (Å²) < 4.78 is 52.8. The van der Waals surface area contributed by atoms with Gasteiger partial charge in [-0.2, -0.15) is 13.2 Å². The number of carboxylic acid groups (broad SMARTS) is 1. The van der Waals surface area contributed by atoms with E-state index >= 15 is 0 Å². The number of ether oxygens (including phenoxy) is 2. The lowest BCUT2D eigenvalue weighted by molar-refractivity contribution is -0.138. The lowest BCUT2D eigenvalue weighted by atomic mass is 9.98. The molecule has 46 heavy (non-hydrogen) atoms. The standard InChI is InChI=1S/C35H39F3N4O4/c1-6-45-31-12-11-30(22(2)3)41-33(31)29-10-9-23(4)15-26(29)21-42(20-25-14-24(5)16-27(17-25)35(36,37)38)34-39-18-28(19-40-34)46-13-7-8-32(43)44/h9-12,14-19,22H,6-8,13,20-21H2,1-5H3,(H,43,44). The third-order valence-electron chi connectivity index (χ3n) is 7.19. The van der Waals surface area contributed by atoms with E-state index in [1.807, 2.05) is 49.1 Å². The summed E-state index contributed by atoms with van der Waals surface area (Å²) in [6.07, 6.45) is -1.24. The summed E-state index contributed by atoms with van der Waals surface area (Å²) in [5.41, 5.74) is 4.51. The minimum atomic E-state index is -4.49. The Hall–Kier alpha value is -4.67. The van der Waals surface area contributed by atoms with E-state index in [4.69, 9.17) is 19.6 Å². The third-order valence-corrected chi connectivity index (χ3v) is 7.19. The van der Waals surface area contributed by atoms with Crippen LogP contribution in [-0.4, -0.2) is 39.2 Å². The SMILES string of the molecule is CCOc1ccc(C(C)C)nc1-c1ccc(C)cc1CN(Cc1cc(C)cc(C(F)(F)F)c1)c1ncc(OCCCC(=O)O)cn1. The van der Waals surface area contributed by atoms with Gasteiger partial charge in [0.25, 0.3) is 0 Å². The summed E-state index contributed by atoms with van der Waals surface area (Å²) in [6.45, 7) is 10.6. The first-order chi connectivity index (χ1) is 21.8. The van der Waals surface area contributed by atoms with Gasteiger partial charge in [0.2, 0.25) is 5.95 Å². The van der Waals surface area contributed by atoms with Crippen molar-refractivity contribution >= 4 is 11.9 Å². The van der Waals surface area contributed by atoms with Gasteiger partial charge in [-0.1, -0.05) is 49.2 Å². The third kappa shape index (κ3) is 9.18. The fourth-order valence-electron chi connectivity index (χ4n) is 5.03. The van der Waals surface area contributed by atoms with Crippen molar-refractivity contribution in [2.45, 2.75) is 72.6 Å². The monoisotopic (exact) mass is 636 g/mol. The second-order valence-electron chi connectivity index (χ2n) is 11.5. The number of alkyl halides is 3. The quantitative estimate of drug-likeness (QED) is 0.139. The van der Waals surface area contributed by atoms with Gasteiger partial charge in [-0.25, -0.2) is 15.0 Å². The molecule has 2 aromatic carbocycles. The smallest absolute Gasteiger partial charge is 0.416 e. The minimum absolute atomic E-state index is 0.0259. The fourth-order valence-corrected chi connectivity index (χ4v) is 5.03. The number of nitrogens with zero attached hydrogens (tertiary/aromatic N) is 4. The summed E-state index contributed by atoms with van der Waals surface area (Å²) in [7, 11) is 0. The van der Waals surface area contributed by atoms with E-state index in [9.17, 15) is 18.0 Å². The second-order valence-corrected chi connectivity index (χ2v) is 11.5. The molecule has 0 fully saturated rings. The molecule has 0 atom stereocenters. The van der Waals surface area contributed by atoms with Crippen LogP contribution in [0, 0.1) is 13.8 Å². The minimum Gasteiger partial charge on any atom is -0.492 e. The van der Waals surface area contributed by atoms with Crippen LogP contribution in [0.5, 0.6) is 11.5 Å². The van der Waals surface area contributed by atoms with Crippen LogP contribution in [0.2, 0.25) is 0 Å². The fraction of sp³-hybridized carbons (Fsp3) is 0.371. The Morgan fingerprint density at radius 1 is 0.957 bits per heavy atom. The zero-order valence-corrected chi connectivity index (χ0v) is 26.7. The zero-order chi connectivity index (χ0) is 33.4. The van der Waals surface area contributed by atoms with Gasteiger partial charge in [-0.05, 0) is 68.5 Å². The highest BCUT2D eigenvalue weighted by atomic mass is 19.4.